The Morgan fingerprint density at radius 3 is 2.62 bits per heavy atom. The van der Waals surface area contributed by atoms with Crippen molar-refractivity contribution in [2.45, 2.75) is 12.3 Å². The standard InChI is InChI=1S/C12H14O4/c1-15-10-5-3-4-7(11(10)16-2)8-6-9(8)12(13)14/h3-5,8-9H,6H2,1-2H3,(H,13,14)/t8-,9-/m0/s1. The lowest BCUT2D eigenvalue weighted by atomic mass is 10.1. The molecule has 2 rings (SSSR count). The number of rotatable bonds is 4. The monoisotopic (exact) mass is 222 g/mol. The van der Waals surface area contributed by atoms with Gasteiger partial charge in [-0.05, 0) is 12.5 Å². The third-order valence-electron chi connectivity index (χ3n) is 2.94. The van der Waals surface area contributed by atoms with Crippen molar-refractivity contribution in [3.05, 3.63) is 23.8 Å². The Morgan fingerprint density at radius 2 is 2.12 bits per heavy atom. The summed E-state index contributed by atoms with van der Waals surface area (Å²) in [6, 6.07) is 5.56. The summed E-state index contributed by atoms with van der Waals surface area (Å²) in [6.45, 7) is 0. The maximum Gasteiger partial charge on any atom is 0.307 e. The molecule has 0 spiro atoms. The quantitative estimate of drug-likeness (QED) is 0.845. The summed E-state index contributed by atoms with van der Waals surface area (Å²) in [6.07, 6.45) is 0.679. The van der Waals surface area contributed by atoms with Crippen LogP contribution >= 0.6 is 0 Å². The number of hydrogen-bond donors (Lipinski definition) is 1. The second kappa shape index (κ2) is 4.04. The van der Waals surface area contributed by atoms with Gasteiger partial charge in [-0.3, -0.25) is 4.79 Å². The zero-order chi connectivity index (χ0) is 11.7. The lowest BCUT2D eigenvalue weighted by molar-refractivity contribution is -0.138. The Labute approximate surface area is 93.8 Å². The second-order valence-electron chi connectivity index (χ2n) is 3.87. The van der Waals surface area contributed by atoms with E-state index in [-0.39, 0.29) is 11.8 Å². The van der Waals surface area contributed by atoms with Crippen LogP contribution in [-0.2, 0) is 4.79 Å². The molecule has 1 aromatic carbocycles. The van der Waals surface area contributed by atoms with Gasteiger partial charge in [0.1, 0.15) is 0 Å². The van der Waals surface area contributed by atoms with Gasteiger partial charge >= 0.3 is 5.97 Å². The van der Waals surface area contributed by atoms with E-state index < -0.39 is 5.97 Å². The first kappa shape index (κ1) is 10.8. The third kappa shape index (κ3) is 1.71. The zero-order valence-electron chi connectivity index (χ0n) is 9.27. The van der Waals surface area contributed by atoms with Gasteiger partial charge in [-0.25, -0.2) is 0 Å². The molecule has 0 amide bonds. The lowest BCUT2D eigenvalue weighted by Gasteiger charge is -2.11. The van der Waals surface area contributed by atoms with Crippen molar-refractivity contribution in [2.75, 3.05) is 14.2 Å². The highest BCUT2D eigenvalue weighted by Crippen LogP contribution is 2.52. The summed E-state index contributed by atoms with van der Waals surface area (Å²) in [7, 11) is 3.14. The van der Waals surface area contributed by atoms with E-state index in [0.717, 1.165) is 5.56 Å². The molecule has 0 unspecified atom stereocenters. The number of para-hydroxylation sites is 1. The number of carboxylic acids is 1. The van der Waals surface area contributed by atoms with Crippen LogP contribution in [0.3, 0.4) is 0 Å². The lowest BCUT2D eigenvalue weighted by Crippen LogP contribution is -2.01. The van der Waals surface area contributed by atoms with Gasteiger partial charge in [-0.15, -0.1) is 0 Å². The van der Waals surface area contributed by atoms with Gasteiger partial charge in [0.2, 0.25) is 0 Å². The topological polar surface area (TPSA) is 55.8 Å². The molecule has 1 aromatic rings. The van der Waals surface area contributed by atoms with Crippen molar-refractivity contribution in [1.82, 2.24) is 0 Å². The van der Waals surface area contributed by atoms with Crippen LogP contribution in [0.4, 0.5) is 0 Å². The molecular weight excluding hydrogens is 208 g/mol. The summed E-state index contributed by atoms with van der Waals surface area (Å²) in [5.74, 6) is 0.341. The number of methoxy groups -OCH3 is 2. The number of benzene rings is 1. The highest BCUT2D eigenvalue weighted by molar-refractivity contribution is 5.76. The van der Waals surface area contributed by atoms with E-state index in [1.807, 2.05) is 12.1 Å². The highest BCUT2D eigenvalue weighted by Gasteiger charge is 2.45. The highest BCUT2D eigenvalue weighted by atomic mass is 16.5. The van der Waals surface area contributed by atoms with Crippen molar-refractivity contribution in [1.29, 1.82) is 0 Å². The van der Waals surface area contributed by atoms with Crippen LogP contribution in [0.5, 0.6) is 11.5 Å². The van der Waals surface area contributed by atoms with E-state index in [4.69, 9.17) is 14.6 Å². The van der Waals surface area contributed by atoms with Crippen LogP contribution in [0.1, 0.15) is 17.9 Å². The molecule has 86 valence electrons. The van der Waals surface area contributed by atoms with Crippen LogP contribution in [0, 0.1) is 5.92 Å². The number of hydrogen-bond acceptors (Lipinski definition) is 3. The fourth-order valence-electron chi connectivity index (χ4n) is 2.02. The summed E-state index contributed by atoms with van der Waals surface area (Å²) in [4.78, 5) is 10.8. The van der Waals surface area contributed by atoms with Crippen molar-refractivity contribution in [3.63, 3.8) is 0 Å². The van der Waals surface area contributed by atoms with E-state index in [9.17, 15) is 4.79 Å². The van der Waals surface area contributed by atoms with E-state index in [2.05, 4.69) is 0 Å². The van der Waals surface area contributed by atoms with Crippen molar-refractivity contribution < 1.29 is 19.4 Å². The SMILES string of the molecule is COc1cccc([C@@H]2C[C@@H]2C(=O)O)c1OC. The van der Waals surface area contributed by atoms with Gasteiger partial charge in [0.25, 0.3) is 0 Å². The molecule has 4 nitrogen and oxygen atoms in total. The molecule has 4 heteroatoms. The van der Waals surface area contributed by atoms with Crippen LogP contribution in [0.2, 0.25) is 0 Å². The predicted molar refractivity (Wildman–Crippen MR) is 58.0 cm³/mol. The molecule has 0 radical (unpaired) electrons. The van der Waals surface area contributed by atoms with Crippen molar-refractivity contribution in [2.24, 2.45) is 5.92 Å². The van der Waals surface area contributed by atoms with Crippen molar-refractivity contribution in [3.8, 4) is 11.5 Å². The van der Waals surface area contributed by atoms with Gasteiger partial charge < -0.3 is 14.6 Å². The van der Waals surface area contributed by atoms with Crippen LogP contribution < -0.4 is 9.47 Å². The molecule has 0 heterocycles. The molecule has 1 N–H and O–H groups in total. The number of aliphatic carboxylic acids is 1. The molecular formula is C12H14O4. The van der Waals surface area contributed by atoms with Gasteiger partial charge in [-0.2, -0.15) is 0 Å². The summed E-state index contributed by atoms with van der Waals surface area (Å²) < 4.78 is 10.5. The predicted octanol–water partition coefficient (Wildman–Crippen LogP) is 1.89. The molecule has 2 atom stereocenters. The summed E-state index contributed by atoms with van der Waals surface area (Å²) in [5.41, 5.74) is 0.925. The number of carboxylic acid groups (broad SMARTS) is 1. The first-order valence-corrected chi connectivity index (χ1v) is 5.12. The van der Waals surface area contributed by atoms with Crippen LogP contribution in [-0.4, -0.2) is 25.3 Å². The largest absolute Gasteiger partial charge is 0.493 e. The smallest absolute Gasteiger partial charge is 0.307 e. The van der Waals surface area contributed by atoms with Crippen LogP contribution in [0.15, 0.2) is 18.2 Å². The van der Waals surface area contributed by atoms with Gasteiger partial charge in [0.15, 0.2) is 11.5 Å². The summed E-state index contributed by atoms with van der Waals surface area (Å²) in [5, 5.41) is 8.90. The maximum absolute atomic E-state index is 10.8. The molecule has 1 aliphatic carbocycles. The van der Waals surface area contributed by atoms with E-state index in [0.29, 0.717) is 17.9 Å². The van der Waals surface area contributed by atoms with Crippen LogP contribution in [0.25, 0.3) is 0 Å². The first-order chi connectivity index (χ1) is 7.69. The Kier molecular flexibility index (Phi) is 2.73. The molecule has 0 aliphatic heterocycles. The zero-order valence-corrected chi connectivity index (χ0v) is 9.27. The molecule has 1 fully saturated rings. The third-order valence-corrected chi connectivity index (χ3v) is 2.94. The molecule has 0 bridgehead atoms. The van der Waals surface area contributed by atoms with E-state index >= 15 is 0 Å². The Bertz CT molecular complexity index is 413. The Balaban J connectivity index is 2.31. The van der Waals surface area contributed by atoms with Gasteiger partial charge in [0.05, 0.1) is 20.1 Å². The first-order valence-electron chi connectivity index (χ1n) is 5.12. The fraction of sp³-hybridized carbons (Fsp3) is 0.417. The minimum atomic E-state index is -0.741. The average molecular weight is 222 g/mol. The molecule has 1 saturated carbocycles. The Hall–Kier alpha value is -1.71. The minimum absolute atomic E-state index is 0.0579. The second-order valence-corrected chi connectivity index (χ2v) is 3.87. The fourth-order valence-corrected chi connectivity index (χ4v) is 2.02. The Morgan fingerprint density at radius 1 is 1.38 bits per heavy atom. The van der Waals surface area contributed by atoms with Gasteiger partial charge in [-0.1, -0.05) is 12.1 Å². The maximum atomic E-state index is 10.8. The number of carbonyl (C=O) groups is 1. The molecule has 1 aliphatic rings. The minimum Gasteiger partial charge on any atom is -0.493 e. The van der Waals surface area contributed by atoms with E-state index in [1.54, 1.807) is 20.3 Å². The van der Waals surface area contributed by atoms with E-state index in [1.165, 1.54) is 0 Å². The molecule has 0 aromatic heterocycles. The normalized spacial score (nSPS) is 22.6. The molecule has 16 heavy (non-hydrogen) atoms. The average Bonchev–Trinajstić information content (AvgIpc) is 3.07. The molecule has 0 saturated heterocycles. The summed E-state index contributed by atoms with van der Waals surface area (Å²) >= 11 is 0. The van der Waals surface area contributed by atoms with Gasteiger partial charge in [0, 0.05) is 11.5 Å². The number of ether oxygens (including phenoxy) is 2. The van der Waals surface area contributed by atoms with Crippen molar-refractivity contribution >= 4 is 5.97 Å².